The van der Waals surface area contributed by atoms with Crippen molar-refractivity contribution in [2.75, 3.05) is 0 Å². The van der Waals surface area contributed by atoms with Crippen molar-refractivity contribution in [3.63, 3.8) is 0 Å². The number of hydrogen-bond acceptors (Lipinski definition) is 5. The van der Waals surface area contributed by atoms with Gasteiger partial charge in [-0.25, -0.2) is 0 Å². The number of hydrogen-bond donors (Lipinski definition) is 3. The van der Waals surface area contributed by atoms with Gasteiger partial charge in [0.1, 0.15) is 5.76 Å². The monoisotopic (exact) mass is 364 g/mol. The highest BCUT2D eigenvalue weighted by atomic mass is 16.4. The first-order valence-corrected chi connectivity index (χ1v) is 9.10. The normalized spacial score (nSPS) is 25.4. The molecule has 0 aliphatic heterocycles. The van der Waals surface area contributed by atoms with E-state index >= 15 is 0 Å². The van der Waals surface area contributed by atoms with E-state index in [1.807, 2.05) is 41.5 Å². The number of allylic oxidation sites excluding steroid dienone is 4. The molecule has 0 fully saturated rings. The second kappa shape index (κ2) is 8.78. The molecule has 0 bridgehead atoms. The number of carbonyl (C=O) groups is 2. The third-order valence-electron chi connectivity index (χ3n) is 4.62. The van der Waals surface area contributed by atoms with Crippen LogP contribution in [0.15, 0.2) is 34.6 Å². The second-order valence-electron chi connectivity index (χ2n) is 8.03. The van der Waals surface area contributed by atoms with Gasteiger partial charge in [0.05, 0.1) is 11.7 Å². The van der Waals surface area contributed by atoms with Crippen molar-refractivity contribution in [2.24, 2.45) is 11.8 Å². The fourth-order valence-corrected chi connectivity index (χ4v) is 3.18. The first-order valence-electron chi connectivity index (χ1n) is 9.10. The maximum absolute atomic E-state index is 12.7. The Labute approximate surface area is 156 Å². The highest BCUT2D eigenvalue weighted by Gasteiger charge is 2.58. The highest BCUT2D eigenvalue weighted by molar-refractivity contribution is 6.02. The lowest BCUT2D eigenvalue weighted by Crippen LogP contribution is -2.47. The van der Waals surface area contributed by atoms with Gasteiger partial charge in [-0.05, 0) is 40.0 Å². The third-order valence-corrected chi connectivity index (χ3v) is 4.62. The molecular weight excluding hydrogens is 332 g/mol. The van der Waals surface area contributed by atoms with Crippen molar-refractivity contribution in [1.82, 2.24) is 0 Å². The van der Waals surface area contributed by atoms with E-state index in [2.05, 4.69) is 0 Å². The van der Waals surface area contributed by atoms with Gasteiger partial charge in [-0.1, -0.05) is 37.1 Å². The van der Waals surface area contributed by atoms with Gasteiger partial charge in [0.25, 0.3) is 0 Å². The smallest absolute Gasteiger partial charge is 0.186 e. The molecule has 1 aliphatic rings. The molecule has 3 unspecified atom stereocenters. The van der Waals surface area contributed by atoms with Crippen LogP contribution in [0.1, 0.15) is 60.8 Å². The van der Waals surface area contributed by atoms with Crippen molar-refractivity contribution < 1.29 is 24.9 Å². The van der Waals surface area contributed by atoms with E-state index in [1.54, 1.807) is 12.2 Å². The zero-order valence-electron chi connectivity index (χ0n) is 16.7. The van der Waals surface area contributed by atoms with Gasteiger partial charge in [0.2, 0.25) is 0 Å². The summed E-state index contributed by atoms with van der Waals surface area (Å²) in [5, 5.41) is 32.4. The van der Waals surface area contributed by atoms with Crippen LogP contribution in [-0.4, -0.2) is 38.6 Å². The molecule has 3 atom stereocenters. The summed E-state index contributed by atoms with van der Waals surface area (Å²) < 4.78 is 0. The molecular formula is C21H32O5. The summed E-state index contributed by atoms with van der Waals surface area (Å²) in [5.74, 6) is -2.69. The van der Waals surface area contributed by atoms with E-state index in [9.17, 15) is 24.9 Å². The van der Waals surface area contributed by atoms with Gasteiger partial charge in [-0.3, -0.25) is 9.59 Å². The van der Waals surface area contributed by atoms with Crippen molar-refractivity contribution >= 4 is 11.6 Å². The maximum Gasteiger partial charge on any atom is 0.186 e. The summed E-state index contributed by atoms with van der Waals surface area (Å²) in [4.78, 5) is 25.3. The van der Waals surface area contributed by atoms with Crippen molar-refractivity contribution in [2.45, 2.75) is 72.5 Å². The number of aliphatic hydroxyl groups is 3. The molecule has 0 aromatic rings. The molecule has 0 saturated heterocycles. The molecule has 0 aromatic carbocycles. The number of rotatable bonds is 8. The lowest BCUT2D eigenvalue weighted by atomic mass is 9.80. The summed E-state index contributed by atoms with van der Waals surface area (Å²) in [7, 11) is 0. The minimum absolute atomic E-state index is 0.0290. The Balaban J connectivity index is 3.38. The molecule has 5 heteroatoms. The first-order chi connectivity index (χ1) is 11.9. The summed E-state index contributed by atoms with van der Waals surface area (Å²) in [6.07, 6.45) is 2.31. The Morgan fingerprint density at radius 2 is 1.65 bits per heavy atom. The van der Waals surface area contributed by atoms with Crippen LogP contribution >= 0.6 is 0 Å². The average Bonchev–Trinajstić information content (AvgIpc) is 2.69. The third kappa shape index (κ3) is 4.71. The van der Waals surface area contributed by atoms with Crippen molar-refractivity contribution in [1.29, 1.82) is 0 Å². The van der Waals surface area contributed by atoms with Gasteiger partial charge in [0, 0.05) is 18.8 Å². The Kier molecular flexibility index (Phi) is 7.54. The predicted octanol–water partition coefficient (Wildman–Crippen LogP) is 3.42. The van der Waals surface area contributed by atoms with Crippen molar-refractivity contribution in [3.05, 3.63) is 34.6 Å². The molecule has 26 heavy (non-hydrogen) atoms. The lowest BCUT2D eigenvalue weighted by molar-refractivity contribution is -0.142. The maximum atomic E-state index is 12.7. The fraction of sp³-hybridized carbons (Fsp3) is 0.619. The van der Waals surface area contributed by atoms with Gasteiger partial charge < -0.3 is 15.3 Å². The van der Waals surface area contributed by atoms with Crippen LogP contribution < -0.4 is 0 Å². The predicted molar refractivity (Wildman–Crippen MR) is 102 cm³/mol. The van der Waals surface area contributed by atoms with Gasteiger partial charge in [-0.15, -0.1) is 0 Å². The number of carbonyl (C=O) groups excluding carboxylic acids is 2. The zero-order valence-corrected chi connectivity index (χ0v) is 16.7. The van der Waals surface area contributed by atoms with Gasteiger partial charge in [-0.2, -0.15) is 0 Å². The van der Waals surface area contributed by atoms with E-state index in [0.29, 0.717) is 0 Å². The van der Waals surface area contributed by atoms with E-state index < -0.39 is 34.9 Å². The number of ketones is 2. The minimum atomic E-state index is -2.25. The number of Topliss-reactive ketones (excluding diaryl/α,β-unsaturated/α-hetero) is 2. The largest absolute Gasteiger partial charge is 0.508 e. The lowest BCUT2D eigenvalue weighted by Gasteiger charge is -2.29. The van der Waals surface area contributed by atoms with Crippen molar-refractivity contribution in [3.8, 4) is 0 Å². The van der Waals surface area contributed by atoms with Crippen LogP contribution in [0, 0.1) is 11.8 Å². The van der Waals surface area contributed by atoms with E-state index in [1.165, 1.54) is 0 Å². The summed E-state index contributed by atoms with van der Waals surface area (Å²) in [5.41, 5.74) is -0.614. The molecule has 5 nitrogen and oxygen atoms in total. The Morgan fingerprint density at radius 3 is 2.12 bits per heavy atom. The minimum Gasteiger partial charge on any atom is -0.508 e. The summed E-state index contributed by atoms with van der Waals surface area (Å²) in [6, 6.07) is 0. The Hall–Kier alpha value is -1.72. The molecule has 0 saturated carbocycles. The van der Waals surface area contributed by atoms with Crippen LogP contribution in [0.25, 0.3) is 0 Å². The molecule has 1 rings (SSSR count). The van der Waals surface area contributed by atoms with E-state index in [4.69, 9.17) is 0 Å². The SMILES string of the molecule is CC(C)=CCC(=O)C1(O)C(O)=C(C(=O)CC(C)C)C(O)C1CC=C(C)C. The Morgan fingerprint density at radius 1 is 1.12 bits per heavy atom. The molecule has 1 aliphatic carbocycles. The Bertz CT molecular complexity index is 645. The summed E-state index contributed by atoms with van der Waals surface area (Å²) in [6.45, 7) is 11.1. The molecule has 0 heterocycles. The van der Waals surface area contributed by atoms with Crippen LogP contribution in [0.2, 0.25) is 0 Å². The van der Waals surface area contributed by atoms with Crippen LogP contribution in [-0.2, 0) is 9.59 Å². The molecule has 0 amide bonds. The van der Waals surface area contributed by atoms with Crippen LogP contribution in [0.4, 0.5) is 0 Å². The fourth-order valence-electron chi connectivity index (χ4n) is 3.18. The quantitative estimate of drug-likeness (QED) is 0.574. The summed E-state index contributed by atoms with van der Waals surface area (Å²) >= 11 is 0. The number of aliphatic hydroxyl groups excluding tert-OH is 2. The molecule has 0 aromatic heterocycles. The molecule has 0 radical (unpaired) electrons. The first kappa shape index (κ1) is 22.3. The topological polar surface area (TPSA) is 94.8 Å². The molecule has 0 spiro atoms. The van der Waals surface area contributed by atoms with E-state index in [-0.39, 0.29) is 30.8 Å². The molecule has 146 valence electrons. The van der Waals surface area contributed by atoms with Gasteiger partial charge in [0.15, 0.2) is 17.2 Å². The van der Waals surface area contributed by atoms with Crippen LogP contribution in [0.3, 0.4) is 0 Å². The standard InChI is InChI=1S/C21H32O5/c1-12(2)7-9-15-19(24)18(16(22)11-14(5)6)20(25)21(15,26)17(23)10-8-13(3)4/h7-8,14-15,19,24-26H,9-11H2,1-6H3. The van der Waals surface area contributed by atoms with Gasteiger partial charge >= 0.3 is 0 Å². The van der Waals surface area contributed by atoms with E-state index in [0.717, 1.165) is 11.1 Å². The zero-order chi connectivity index (χ0) is 20.2. The van der Waals surface area contributed by atoms with Crippen LogP contribution in [0.5, 0.6) is 0 Å². The second-order valence-corrected chi connectivity index (χ2v) is 8.03. The molecule has 3 N–H and O–H groups in total. The highest BCUT2D eigenvalue weighted by Crippen LogP contribution is 2.44. The average molecular weight is 364 g/mol.